The second-order valence-electron chi connectivity index (χ2n) is 7.57. The summed E-state index contributed by atoms with van der Waals surface area (Å²) in [6.07, 6.45) is 4.54. The van der Waals surface area contributed by atoms with E-state index in [1.54, 1.807) is 0 Å². The van der Waals surface area contributed by atoms with Gasteiger partial charge in [0, 0.05) is 49.1 Å². The van der Waals surface area contributed by atoms with Gasteiger partial charge in [0.1, 0.15) is 5.82 Å². The molecule has 1 N–H and O–H groups in total. The fraction of sp³-hybridized carbons (Fsp3) is 0.429. The summed E-state index contributed by atoms with van der Waals surface area (Å²) in [6, 6.07) is 12.0. The molecule has 0 aromatic carbocycles. The van der Waals surface area contributed by atoms with E-state index in [0.29, 0.717) is 5.92 Å². The van der Waals surface area contributed by atoms with Crippen LogP contribution in [0.3, 0.4) is 0 Å². The Morgan fingerprint density at radius 3 is 2.79 bits per heavy atom. The highest BCUT2D eigenvalue weighted by molar-refractivity contribution is 5.74. The van der Waals surface area contributed by atoms with Gasteiger partial charge in [0.2, 0.25) is 0 Å². The van der Waals surface area contributed by atoms with E-state index in [9.17, 15) is 4.79 Å². The van der Waals surface area contributed by atoms with E-state index < -0.39 is 0 Å². The lowest BCUT2D eigenvalue weighted by Crippen LogP contribution is -2.47. The van der Waals surface area contributed by atoms with Crippen LogP contribution in [0.15, 0.2) is 42.6 Å². The maximum absolute atomic E-state index is 12.6. The fourth-order valence-corrected chi connectivity index (χ4v) is 3.86. The molecule has 2 amide bonds. The Labute approximate surface area is 164 Å². The number of nitrogens with zero attached hydrogens (tertiary/aromatic N) is 5. The van der Waals surface area contributed by atoms with Crippen LogP contribution >= 0.6 is 0 Å². The number of hydrogen-bond donors (Lipinski definition) is 1. The summed E-state index contributed by atoms with van der Waals surface area (Å²) in [6.45, 7) is 5.47. The molecule has 0 bridgehead atoms. The summed E-state index contributed by atoms with van der Waals surface area (Å²) >= 11 is 0. The zero-order chi connectivity index (χ0) is 19.5. The monoisotopic (exact) mass is 378 g/mol. The Bertz CT molecular complexity index is 960. The van der Waals surface area contributed by atoms with Crippen molar-refractivity contribution in [1.29, 1.82) is 0 Å². The third kappa shape index (κ3) is 3.98. The highest BCUT2D eigenvalue weighted by Gasteiger charge is 2.27. The van der Waals surface area contributed by atoms with E-state index >= 15 is 0 Å². The average molecular weight is 378 g/mol. The van der Waals surface area contributed by atoms with Gasteiger partial charge in [-0.05, 0) is 51.0 Å². The molecule has 1 fully saturated rings. The van der Waals surface area contributed by atoms with Crippen LogP contribution in [0, 0.1) is 6.92 Å². The molecule has 3 aromatic rings. The molecule has 3 aromatic heterocycles. The van der Waals surface area contributed by atoms with Gasteiger partial charge < -0.3 is 10.2 Å². The molecule has 0 aliphatic carbocycles. The van der Waals surface area contributed by atoms with Gasteiger partial charge in [-0.1, -0.05) is 12.1 Å². The van der Waals surface area contributed by atoms with Gasteiger partial charge in [-0.25, -0.2) is 4.79 Å². The molecule has 0 saturated carbocycles. The van der Waals surface area contributed by atoms with Crippen molar-refractivity contribution in [3.05, 3.63) is 59.8 Å². The van der Waals surface area contributed by atoms with Crippen LogP contribution in [0.25, 0.3) is 5.65 Å². The number of aryl methyl sites for hydroxylation is 1. The molecule has 7 nitrogen and oxygen atoms in total. The maximum atomic E-state index is 12.6. The first-order valence-electron chi connectivity index (χ1n) is 9.88. The third-order valence-electron chi connectivity index (χ3n) is 5.32. The minimum atomic E-state index is 0.00436. The molecule has 0 unspecified atom stereocenters. The summed E-state index contributed by atoms with van der Waals surface area (Å²) in [4.78, 5) is 19.1. The number of fused-ring (bicyclic) bond motifs is 1. The minimum Gasteiger partial charge on any atom is -0.335 e. The van der Waals surface area contributed by atoms with Crippen molar-refractivity contribution in [3.8, 4) is 0 Å². The normalized spacial score (nSPS) is 16.3. The van der Waals surface area contributed by atoms with Crippen LogP contribution in [0.2, 0.25) is 0 Å². The number of hydrogen-bond acceptors (Lipinski definition) is 4. The second kappa shape index (κ2) is 7.96. The molecular weight excluding hydrogens is 352 g/mol. The summed E-state index contributed by atoms with van der Waals surface area (Å²) in [7, 11) is 0. The van der Waals surface area contributed by atoms with Crippen LogP contribution in [0.1, 0.15) is 42.9 Å². The minimum absolute atomic E-state index is 0.00436. The second-order valence-corrected chi connectivity index (χ2v) is 7.57. The van der Waals surface area contributed by atoms with Crippen molar-refractivity contribution in [2.75, 3.05) is 13.1 Å². The van der Waals surface area contributed by atoms with E-state index in [-0.39, 0.29) is 12.1 Å². The topological polar surface area (TPSA) is 75.4 Å². The van der Waals surface area contributed by atoms with Gasteiger partial charge in [0.05, 0.1) is 0 Å². The molecule has 1 atom stereocenters. The molecule has 4 heterocycles. The number of carbonyl (C=O) groups is 1. The summed E-state index contributed by atoms with van der Waals surface area (Å²) in [5, 5.41) is 11.7. The first-order chi connectivity index (χ1) is 13.6. The highest BCUT2D eigenvalue weighted by atomic mass is 16.2. The smallest absolute Gasteiger partial charge is 0.317 e. The Kier molecular flexibility index (Phi) is 5.23. The lowest BCUT2D eigenvalue weighted by atomic mass is 9.96. The number of pyridine rings is 2. The fourth-order valence-electron chi connectivity index (χ4n) is 3.86. The van der Waals surface area contributed by atoms with Gasteiger partial charge >= 0.3 is 6.03 Å². The Balaban J connectivity index is 1.31. The zero-order valence-electron chi connectivity index (χ0n) is 16.4. The summed E-state index contributed by atoms with van der Waals surface area (Å²) < 4.78 is 2.05. The Hall–Kier alpha value is -2.96. The molecule has 1 aliphatic heterocycles. The van der Waals surface area contributed by atoms with E-state index in [2.05, 4.69) is 24.9 Å². The molecule has 146 valence electrons. The average Bonchev–Trinajstić information content (AvgIpc) is 3.12. The van der Waals surface area contributed by atoms with Crippen molar-refractivity contribution in [2.45, 2.75) is 45.1 Å². The molecule has 1 aliphatic rings. The molecule has 0 spiro atoms. The SMILES string of the molecule is Cc1cccc(C[C@@H](C)NC(=O)N2CCC(c3nnc4ccccn34)CC2)n1. The van der Waals surface area contributed by atoms with Gasteiger partial charge in [0.25, 0.3) is 0 Å². The quantitative estimate of drug-likeness (QED) is 0.757. The molecule has 4 rings (SSSR count). The van der Waals surface area contributed by atoms with E-state index in [1.807, 2.05) is 61.3 Å². The Morgan fingerprint density at radius 2 is 2.00 bits per heavy atom. The van der Waals surface area contributed by atoms with Gasteiger partial charge in [-0.2, -0.15) is 0 Å². The van der Waals surface area contributed by atoms with Crippen LogP contribution in [-0.2, 0) is 6.42 Å². The lowest BCUT2D eigenvalue weighted by Gasteiger charge is -2.32. The van der Waals surface area contributed by atoms with Crippen molar-refractivity contribution in [2.24, 2.45) is 0 Å². The zero-order valence-corrected chi connectivity index (χ0v) is 16.4. The molecule has 0 radical (unpaired) electrons. The number of likely N-dealkylation sites (tertiary alicyclic amines) is 1. The van der Waals surface area contributed by atoms with Gasteiger partial charge in [-0.3, -0.25) is 9.38 Å². The number of rotatable bonds is 4. The van der Waals surface area contributed by atoms with Crippen LogP contribution < -0.4 is 5.32 Å². The molecular formula is C21H26N6O. The van der Waals surface area contributed by atoms with Crippen LogP contribution in [-0.4, -0.2) is 49.6 Å². The Morgan fingerprint density at radius 1 is 1.18 bits per heavy atom. The standard InChI is InChI=1S/C21H26N6O/c1-15-6-5-7-18(22-15)14-16(2)23-21(28)26-12-9-17(10-13-26)20-25-24-19-8-3-4-11-27(19)20/h3-8,11,16-17H,9-10,12-14H2,1-2H3,(H,23,28)/t16-/m1/s1. The number of carbonyl (C=O) groups excluding carboxylic acids is 1. The van der Waals surface area contributed by atoms with E-state index in [0.717, 1.165) is 55.2 Å². The van der Waals surface area contributed by atoms with E-state index in [1.165, 1.54) is 0 Å². The van der Waals surface area contributed by atoms with Crippen LogP contribution in [0.5, 0.6) is 0 Å². The van der Waals surface area contributed by atoms with Crippen molar-refractivity contribution in [3.63, 3.8) is 0 Å². The van der Waals surface area contributed by atoms with Gasteiger partial charge in [0.15, 0.2) is 5.65 Å². The third-order valence-corrected chi connectivity index (χ3v) is 5.32. The number of aromatic nitrogens is 4. The first kappa shape index (κ1) is 18.4. The molecule has 28 heavy (non-hydrogen) atoms. The number of amides is 2. The lowest BCUT2D eigenvalue weighted by molar-refractivity contribution is 0.177. The van der Waals surface area contributed by atoms with Crippen LogP contribution in [0.4, 0.5) is 4.79 Å². The van der Waals surface area contributed by atoms with Crippen molar-refractivity contribution >= 4 is 11.7 Å². The largest absolute Gasteiger partial charge is 0.335 e. The molecule has 7 heteroatoms. The molecule has 1 saturated heterocycles. The summed E-state index contributed by atoms with van der Waals surface area (Å²) in [5.74, 6) is 1.32. The van der Waals surface area contributed by atoms with Crippen molar-refractivity contribution in [1.82, 2.24) is 29.8 Å². The maximum Gasteiger partial charge on any atom is 0.317 e. The number of nitrogens with one attached hydrogen (secondary N) is 1. The number of urea groups is 1. The predicted octanol–water partition coefficient (Wildman–Crippen LogP) is 2.95. The van der Waals surface area contributed by atoms with Crippen molar-refractivity contribution < 1.29 is 4.79 Å². The first-order valence-corrected chi connectivity index (χ1v) is 9.88. The summed E-state index contributed by atoms with van der Waals surface area (Å²) in [5.41, 5.74) is 2.88. The highest BCUT2D eigenvalue weighted by Crippen LogP contribution is 2.27. The predicted molar refractivity (Wildman–Crippen MR) is 107 cm³/mol. The van der Waals surface area contributed by atoms with Gasteiger partial charge in [-0.15, -0.1) is 10.2 Å². The van der Waals surface area contributed by atoms with E-state index in [4.69, 9.17) is 0 Å². The number of piperidine rings is 1.